The van der Waals surface area contributed by atoms with Gasteiger partial charge >= 0.3 is 0 Å². The standard InChI is InChI=1S/C10H15N3/c1-4-5-13-7-12-9(10(13)11)6-8(2)3/h1,7-8H,5-6,11H2,2-3H3. The molecule has 0 radical (unpaired) electrons. The summed E-state index contributed by atoms with van der Waals surface area (Å²) in [7, 11) is 0. The van der Waals surface area contributed by atoms with Crippen LogP contribution in [-0.2, 0) is 13.0 Å². The molecule has 3 nitrogen and oxygen atoms in total. The topological polar surface area (TPSA) is 43.8 Å². The Hall–Kier alpha value is -1.43. The summed E-state index contributed by atoms with van der Waals surface area (Å²) in [5.41, 5.74) is 6.79. The quantitative estimate of drug-likeness (QED) is 0.707. The molecule has 2 N–H and O–H groups in total. The van der Waals surface area contributed by atoms with Crippen molar-refractivity contribution < 1.29 is 0 Å². The van der Waals surface area contributed by atoms with Crippen LogP contribution in [0.1, 0.15) is 19.5 Å². The molecule has 1 aromatic heterocycles. The van der Waals surface area contributed by atoms with Crippen molar-refractivity contribution in [3.63, 3.8) is 0 Å². The van der Waals surface area contributed by atoms with Crippen molar-refractivity contribution in [1.82, 2.24) is 9.55 Å². The van der Waals surface area contributed by atoms with Crippen LogP contribution in [0, 0.1) is 18.3 Å². The lowest BCUT2D eigenvalue weighted by atomic mass is 10.1. The van der Waals surface area contributed by atoms with Crippen molar-refractivity contribution in [3.05, 3.63) is 12.0 Å². The van der Waals surface area contributed by atoms with E-state index in [0.29, 0.717) is 18.3 Å². The Balaban J connectivity index is 2.81. The number of imidazole rings is 1. The van der Waals surface area contributed by atoms with E-state index in [4.69, 9.17) is 12.2 Å². The molecule has 70 valence electrons. The zero-order valence-corrected chi connectivity index (χ0v) is 8.12. The van der Waals surface area contributed by atoms with Gasteiger partial charge in [0.05, 0.1) is 18.6 Å². The summed E-state index contributed by atoms with van der Waals surface area (Å²) in [6, 6.07) is 0. The number of nitrogens with two attached hydrogens (primary N) is 1. The van der Waals surface area contributed by atoms with E-state index in [9.17, 15) is 0 Å². The molecule has 0 aliphatic rings. The number of hydrogen-bond acceptors (Lipinski definition) is 2. The number of rotatable bonds is 3. The van der Waals surface area contributed by atoms with E-state index in [1.165, 1.54) is 0 Å². The smallest absolute Gasteiger partial charge is 0.127 e. The van der Waals surface area contributed by atoms with Gasteiger partial charge in [0.15, 0.2) is 0 Å². The van der Waals surface area contributed by atoms with Gasteiger partial charge in [-0.2, -0.15) is 0 Å². The molecule has 0 unspecified atom stereocenters. The van der Waals surface area contributed by atoms with Gasteiger partial charge in [-0.05, 0) is 12.3 Å². The number of nitrogens with zero attached hydrogens (tertiary/aromatic N) is 2. The molecule has 0 bridgehead atoms. The van der Waals surface area contributed by atoms with Gasteiger partial charge in [-0.3, -0.25) is 0 Å². The minimum Gasteiger partial charge on any atom is -0.384 e. The van der Waals surface area contributed by atoms with E-state index in [1.807, 2.05) is 0 Å². The maximum Gasteiger partial charge on any atom is 0.127 e. The second-order valence-corrected chi connectivity index (χ2v) is 3.51. The Labute approximate surface area is 79.0 Å². The molecule has 0 atom stereocenters. The predicted octanol–water partition coefficient (Wildman–Crippen LogP) is 1.30. The summed E-state index contributed by atoms with van der Waals surface area (Å²) >= 11 is 0. The van der Waals surface area contributed by atoms with Crippen LogP contribution in [-0.4, -0.2) is 9.55 Å². The molecule has 0 saturated carbocycles. The Morgan fingerprint density at radius 3 is 2.92 bits per heavy atom. The summed E-state index contributed by atoms with van der Waals surface area (Å²) in [5.74, 6) is 3.80. The number of hydrogen-bond donors (Lipinski definition) is 1. The van der Waals surface area contributed by atoms with E-state index in [0.717, 1.165) is 12.1 Å². The van der Waals surface area contributed by atoms with Crippen LogP contribution in [0.25, 0.3) is 0 Å². The van der Waals surface area contributed by atoms with Crippen LogP contribution in [0.15, 0.2) is 6.33 Å². The molecule has 0 spiro atoms. The Kier molecular flexibility index (Phi) is 2.97. The molecular weight excluding hydrogens is 162 g/mol. The van der Waals surface area contributed by atoms with Crippen molar-refractivity contribution in [1.29, 1.82) is 0 Å². The van der Waals surface area contributed by atoms with Gasteiger partial charge in [0, 0.05) is 0 Å². The molecule has 3 heteroatoms. The van der Waals surface area contributed by atoms with E-state index in [-0.39, 0.29) is 0 Å². The number of terminal acetylenes is 1. The molecule has 13 heavy (non-hydrogen) atoms. The third kappa shape index (κ3) is 2.25. The highest BCUT2D eigenvalue weighted by atomic mass is 15.1. The zero-order chi connectivity index (χ0) is 9.84. The normalized spacial score (nSPS) is 10.3. The molecule has 0 fully saturated rings. The van der Waals surface area contributed by atoms with Crippen molar-refractivity contribution in [2.45, 2.75) is 26.8 Å². The highest BCUT2D eigenvalue weighted by molar-refractivity contribution is 5.36. The van der Waals surface area contributed by atoms with E-state index < -0.39 is 0 Å². The van der Waals surface area contributed by atoms with Gasteiger partial charge in [0.1, 0.15) is 5.82 Å². The first kappa shape index (κ1) is 9.66. The Morgan fingerprint density at radius 2 is 2.38 bits per heavy atom. The van der Waals surface area contributed by atoms with Crippen LogP contribution in [0.4, 0.5) is 5.82 Å². The second kappa shape index (κ2) is 3.99. The first-order valence-corrected chi connectivity index (χ1v) is 4.38. The first-order chi connectivity index (χ1) is 6.15. The summed E-state index contributed by atoms with van der Waals surface area (Å²) in [6.07, 6.45) is 7.79. The maximum atomic E-state index is 5.84. The lowest BCUT2D eigenvalue weighted by Gasteiger charge is -2.03. The molecule has 0 aliphatic heterocycles. The summed E-state index contributed by atoms with van der Waals surface area (Å²) in [5, 5.41) is 0. The molecular formula is C10H15N3. The highest BCUT2D eigenvalue weighted by Crippen LogP contribution is 2.13. The SMILES string of the molecule is C#CCn1cnc(CC(C)C)c1N. The maximum absolute atomic E-state index is 5.84. The fourth-order valence-corrected chi connectivity index (χ4v) is 1.20. The van der Waals surface area contributed by atoms with Gasteiger partial charge in [0.25, 0.3) is 0 Å². The van der Waals surface area contributed by atoms with Gasteiger partial charge < -0.3 is 10.3 Å². The number of aromatic nitrogens is 2. The van der Waals surface area contributed by atoms with Gasteiger partial charge in [-0.25, -0.2) is 4.98 Å². The average Bonchev–Trinajstić information content (AvgIpc) is 2.36. The first-order valence-electron chi connectivity index (χ1n) is 4.38. The second-order valence-electron chi connectivity index (χ2n) is 3.51. The Morgan fingerprint density at radius 1 is 1.69 bits per heavy atom. The van der Waals surface area contributed by atoms with Crippen LogP contribution < -0.4 is 5.73 Å². The van der Waals surface area contributed by atoms with Gasteiger partial charge in [-0.1, -0.05) is 19.8 Å². The van der Waals surface area contributed by atoms with Crippen LogP contribution >= 0.6 is 0 Å². The monoisotopic (exact) mass is 177 g/mol. The highest BCUT2D eigenvalue weighted by Gasteiger charge is 2.07. The zero-order valence-electron chi connectivity index (χ0n) is 8.12. The van der Waals surface area contributed by atoms with Gasteiger partial charge in [0.2, 0.25) is 0 Å². The largest absolute Gasteiger partial charge is 0.384 e. The average molecular weight is 177 g/mol. The molecule has 0 saturated heterocycles. The van der Waals surface area contributed by atoms with Crippen LogP contribution in [0.5, 0.6) is 0 Å². The third-order valence-corrected chi connectivity index (χ3v) is 1.82. The van der Waals surface area contributed by atoms with Crippen molar-refractivity contribution >= 4 is 5.82 Å². The van der Waals surface area contributed by atoms with Crippen molar-refractivity contribution in [3.8, 4) is 12.3 Å². The minimum atomic E-state index is 0.497. The van der Waals surface area contributed by atoms with Crippen LogP contribution in [0.2, 0.25) is 0 Å². The lowest BCUT2D eigenvalue weighted by Crippen LogP contribution is -2.03. The van der Waals surface area contributed by atoms with E-state index >= 15 is 0 Å². The predicted molar refractivity (Wildman–Crippen MR) is 54.0 cm³/mol. The fraction of sp³-hybridized carbons (Fsp3) is 0.500. The summed E-state index contributed by atoms with van der Waals surface area (Å²) in [4.78, 5) is 4.22. The van der Waals surface area contributed by atoms with Crippen molar-refractivity contribution in [2.75, 3.05) is 5.73 Å². The molecule has 1 heterocycles. The fourth-order valence-electron chi connectivity index (χ4n) is 1.20. The van der Waals surface area contributed by atoms with Gasteiger partial charge in [-0.15, -0.1) is 6.42 Å². The molecule has 1 aromatic rings. The number of anilines is 1. The molecule has 0 aromatic carbocycles. The number of nitrogen functional groups attached to an aromatic ring is 1. The Bertz CT molecular complexity index is 317. The lowest BCUT2D eigenvalue weighted by molar-refractivity contribution is 0.638. The summed E-state index contributed by atoms with van der Waals surface area (Å²) in [6.45, 7) is 4.77. The van der Waals surface area contributed by atoms with Crippen molar-refractivity contribution in [2.24, 2.45) is 5.92 Å². The van der Waals surface area contributed by atoms with E-state index in [1.54, 1.807) is 10.9 Å². The molecule has 1 rings (SSSR count). The third-order valence-electron chi connectivity index (χ3n) is 1.82. The molecule has 0 aliphatic carbocycles. The summed E-state index contributed by atoms with van der Waals surface area (Å²) < 4.78 is 1.79. The minimum absolute atomic E-state index is 0.497. The molecule has 0 amide bonds. The van der Waals surface area contributed by atoms with E-state index in [2.05, 4.69) is 24.8 Å². The van der Waals surface area contributed by atoms with Crippen LogP contribution in [0.3, 0.4) is 0 Å².